The molecule has 7 nitrogen and oxygen atoms in total. The number of benzene rings is 1. The first-order chi connectivity index (χ1) is 10.9. The molecule has 23 heavy (non-hydrogen) atoms. The molecule has 3 N–H and O–H groups in total. The van der Waals surface area contributed by atoms with E-state index in [0.29, 0.717) is 12.1 Å². The molecule has 1 aromatic carbocycles. The topological polar surface area (TPSA) is 108 Å². The molecule has 1 aliphatic rings. The lowest BCUT2D eigenvalue weighted by Gasteiger charge is -2.09. The third-order valence-electron chi connectivity index (χ3n) is 3.89. The second kappa shape index (κ2) is 6.04. The fraction of sp³-hybridized carbons (Fsp3) is 0.333. The van der Waals surface area contributed by atoms with Crippen LogP contribution in [0.2, 0.25) is 0 Å². The van der Waals surface area contributed by atoms with Gasteiger partial charge in [-0.2, -0.15) is 0 Å². The van der Waals surface area contributed by atoms with Crippen LogP contribution in [0.25, 0.3) is 10.9 Å². The zero-order chi connectivity index (χ0) is 16.4. The molecular formula is C15H17N3O4S. The highest BCUT2D eigenvalue weighted by atomic mass is 32.2. The highest BCUT2D eigenvalue weighted by Gasteiger charge is 2.29. The molecule has 1 aromatic heterocycles. The number of hydrogen-bond donors (Lipinski definition) is 3. The Morgan fingerprint density at radius 1 is 1.22 bits per heavy atom. The van der Waals surface area contributed by atoms with Crippen molar-refractivity contribution in [2.45, 2.75) is 12.8 Å². The molecular weight excluding hydrogens is 318 g/mol. The van der Waals surface area contributed by atoms with Gasteiger partial charge in [0.25, 0.3) is 5.91 Å². The molecule has 0 unspecified atom stereocenters. The molecule has 1 atom stereocenters. The zero-order valence-electron chi connectivity index (χ0n) is 12.3. The molecule has 2 heterocycles. The predicted octanol–water partition coefficient (Wildman–Crippen LogP) is 0.754. The van der Waals surface area contributed by atoms with Gasteiger partial charge in [-0.05, 0) is 24.5 Å². The number of carbonyl (C=O) groups excluding carboxylic acids is 2. The minimum atomic E-state index is -3.00. The Kier molecular flexibility index (Phi) is 4.08. The Bertz CT molecular complexity index is 823. The third kappa shape index (κ3) is 3.70. The van der Waals surface area contributed by atoms with E-state index in [2.05, 4.69) is 15.8 Å². The minimum Gasteiger partial charge on any atom is -0.350 e. The monoisotopic (exact) mass is 335 g/mol. The van der Waals surface area contributed by atoms with Gasteiger partial charge in [-0.3, -0.25) is 20.4 Å². The molecule has 2 aromatic rings. The largest absolute Gasteiger partial charge is 0.350 e. The summed E-state index contributed by atoms with van der Waals surface area (Å²) in [4.78, 5) is 26.8. The van der Waals surface area contributed by atoms with Gasteiger partial charge >= 0.3 is 0 Å². The van der Waals surface area contributed by atoms with E-state index >= 15 is 0 Å². The van der Waals surface area contributed by atoms with Gasteiger partial charge in [-0.25, -0.2) is 8.42 Å². The second-order valence-corrected chi connectivity index (χ2v) is 7.97. The number of aromatic amines is 1. The Labute approximate surface area is 133 Å². The van der Waals surface area contributed by atoms with Gasteiger partial charge in [-0.1, -0.05) is 18.2 Å². The maximum absolute atomic E-state index is 12.0. The van der Waals surface area contributed by atoms with Crippen LogP contribution in [0.4, 0.5) is 0 Å². The quantitative estimate of drug-likeness (QED) is 0.719. The van der Waals surface area contributed by atoms with Crippen LogP contribution in [0.15, 0.2) is 30.3 Å². The van der Waals surface area contributed by atoms with Crippen LogP contribution in [-0.2, 0) is 14.6 Å². The molecule has 2 amide bonds. The summed E-state index contributed by atoms with van der Waals surface area (Å²) in [7, 11) is -3.00. The van der Waals surface area contributed by atoms with Crippen LogP contribution in [-0.4, -0.2) is 36.7 Å². The smallest absolute Gasteiger partial charge is 0.286 e. The Morgan fingerprint density at radius 2 is 2.00 bits per heavy atom. The van der Waals surface area contributed by atoms with Gasteiger partial charge in [0, 0.05) is 17.3 Å². The number of rotatable bonds is 3. The minimum absolute atomic E-state index is 0.0381. The fourth-order valence-electron chi connectivity index (χ4n) is 2.74. The van der Waals surface area contributed by atoms with Crippen molar-refractivity contribution < 1.29 is 18.0 Å². The zero-order valence-corrected chi connectivity index (χ0v) is 13.2. The summed E-state index contributed by atoms with van der Waals surface area (Å²) in [6.07, 6.45) is 0.581. The number of sulfone groups is 1. The first-order valence-corrected chi connectivity index (χ1v) is 9.12. The van der Waals surface area contributed by atoms with E-state index in [1.807, 2.05) is 24.3 Å². The summed E-state index contributed by atoms with van der Waals surface area (Å²) >= 11 is 0. The number of fused-ring (bicyclic) bond motifs is 1. The number of H-pyrrole nitrogens is 1. The number of hydrazine groups is 1. The summed E-state index contributed by atoms with van der Waals surface area (Å²) in [6, 6.07) is 9.15. The van der Waals surface area contributed by atoms with E-state index in [-0.39, 0.29) is 23.8 Å². The predicted molar refractivity (Wildman–Crippen MR) is 85.3 cm³/mol. The lowest BCUT2D eigenvalue weighted by atomic mass is 10.1. The maximum Gasteiger partial charge on any atom is 0.286 e. The van der Waals surface area contributed by atoms with E-state index < -0.39 is 21.7 Å². The summed E-state index contributed by atoms with van der Waals surface area (Å²) in [6.45, 7) is 0. The van der Waals surface area contributed by atoms with Gasteiger partial charge in [-0.15, -0.1) is 0 Å². The molecule has 122 valence electrons. The standard InChI is InChI=1S/C15H17N3O4S/c19-14(7-10-5-6-23(21,22)9-10)17-18-15(20)13-8-11-3-1-2-4-12(11)16-13/h1-4,8,10,16H,5-7,9H2,(H,17,19)(H,18,20)/t10-/m1/s1. The lowest BCUT2D eigenvalue weighted by molar-refractivity contribution is -0.122. The van der Waals surface area contributed by atoms with E-state index in [9.17, 15) is 18.0 Å². The van der Waals surface area contributed by atoms with E-state index in [1.165, 1.54) is 0 Å². The van der Waals surface area contributed by atoms with E-state index in [0.717, 1.165) is 10.9 Å². The second-order valence-electron chi connectivity index (χ2n) is 5.75. The number of amides is 2. The molecule has 0 radical (unpaired) electrons. The highest BCUT2D eigenvalue weighted by Crippen LogP contribution is 2.21. The van der Waals surface area contributed by atoms with E-state index in [4.69, 9.17) is 0 Å². The van der Waals surface area contributed by atoms with Gasteiger partial charge in [0.15, 0.2) is 9.84 Å². The maximum atomic E-state index is 12.0. The van der Waals surface area contributed by atoms with Gasteiger partial charge in [0.05, 0.1) is 11.5 Å². The number of para-hydroxylation sites is 1. The number of aromatic nitrogens is 1. The van der Waals surface area contributed by atoms with Crippen molar-refractivity contribution >= 4 is 32.6 Å². The molecule has 0 bridgehead atoms. The van der Waals surface area contributed by atoms with Crippen LogP contribution >= 0.6 is 0 Å². The Hall–Kier alpha value is -2.35. The Morgan fingerprint density at radius 3 is 2.70 bits per heavy atom. The average molecular weight is 335 g/mol. The van der Waals surface area contributed by atoms with Crippen molar-refractivity contribution in [3.05, 3.63) is 36.0 Å². The molecule has 1 saturated heterocycles. The molecule has 8 heteroatoms. The molecule has 1 aliphatic heterocycles. The normalized spacial score (nSPS) is 19.6. The fourth-order valence-corrected chi connectivity index (χ4v) is 4.60. The van der Waals surface area contributed by atoms with Crippen molar-refractivity contribution in [1.29, 1.82) is 0 Å². The van der Waals surface area contributed by atoms with Crippen molar-refractivity contribution in [1.82, 2.24) is 15.8 Å². The SMILES string of the molecule is O=C(C[C@H]1CCS(=O)(=O)C1)NNC(=O)c1cc2ccccc2[nH]1. The van der Waals surface area contributed by atoms with E-state index in [1.54, 1.807) is 6.07 Å². The molecule has 0 saturated carbocycles. The molecule has 0 aliphatic carbocycles. The van der Waals surface area contributed by atoms with Crippen molar-refractivity contribution in [2.24, 2.45) is 5.92 Å². The average Bonchev–Trinajstić information content (AvgIpc) is 3.07. The van der Waals surface area contributed by atoms with Crippen molar-refractivity contribution in [3.63, 3.8) is 0 Å². The van der Waals surface area contributed by atoms with Gasteiger partial charge in [0.2, 0.25) is 5.91 Å². The molecule has 1 fully saturated rings. The van der Waals surface area contributed by atoms with Crippen LogP contribution in [0.1, 0.15) is 23.3 Å². The van der Waals surface area contributed by atoms with Gasteiger partial charge in [0.1, 0.15) is 5.69 Å². The van der Waals surface area contributed by atoms with Crippen LogP contribution < -0.4 is 10.9 Å². The van der Waals surface area contributed by atoms with Crippen LogP contribution in [0.5, 0.6) is 0 Å². The summed E-state index contributed by atoms with van der Waals surface area (Å²) in [5.74, 6) is -0.849. The van der Waals surface area contributed by atoms with Gasteiger partial charge < -0.3 is 4.98 Å². The van der Waals surface area contributed by atoms with Crippen molar-refractivity contribution in [3.8, 4) is 0 Å². The summed E-state index contributed by atoms with van der Waals surface area (Å²) < 4.78 is 22.7. The first kappa shape index (κ1) is 15.5. The first-order valence-electron chi connectivity index (χ1n) is 7.30. The summed E-state index contributed by atoms with van der Waals surface area (Å²) in [5.41, 5.74) is 5.84. The van der Waals surface area contributed by atoms with Crippen molar-refractivity contribution in [2.75, 3.05) is 11.5 Å². The molecule has 3 rings (SSSR count). The Balaban J connectivity index is 1.53. The lowest BCUT2D eigenvalue weighted by Crippen LogP contribution is -2.42. The van der Waals surface area contributed by atoms with Crippen LogP contribution in [0, 0.1) is 5.92 Å². The highest BCUT2D eigenvalue weighted by molar-refractivity contribution is 7.91. The summed E-state index contributed by atoms with van der Waals surface area (Å²) in [5, 5.41) is 0.903. The molecule has 0 spiro atoms. The third-order valence-corrected chi connectivity index (χ3v) is 5.73. The number of nitrogens with one attached hydrogen (secondary N) is 3. The number of hydrogen-bond acceptors (Lipinski definition) is 4. The number of carbonyl (C=O) groups is 2. The van der Waals surface area contributed by atoms with Crippen LogP contribution in [0.3, 0.4) is 0 Å².